The van der Waals surface area contributed by atoms with Crippen molar-refractivity contribution >= 4 is 27.5 Å². The minimum absolute atomic E-state index is 0.239. The van der Waals surface area contributed by atoms with Gasteiger partial charge in [0.05, 0.1) is 25.3 Å². The first-order chi connectivity index (χ1) is 11.1. The Labute approximate surface area is 143 Å². The third-order valence-corrected chi connectivity index (χ3v) is 3.72. The molecule has 2 rings (SSSR count). The van der Waals surface area contributed by atoms with Crippen molar-refractivity contribution < 1.29 is 19.0 Å². The van der Waals surface area contributed by atoms with E-state index in [0.717, 1.165) is 5.75 Å². The lowest BCUT2D eigenvalue weighted by Gasteiger charge is -2.13. The van der Waals surface area contributed by atoms with Gasteiger partial charge in [0.25, 0.3) is 5.91 Å². The maximum atomic E-state index is 12.4. The number of hydrogen-bond donors (Lipinski definition) is 1. The molecule has 122 valence electrons. The van der Waals surface area contributed by atoms with Crippen LogP contribution in [0.1, 0.15) is 17.3 Å². The van der Waals surface area contributed by atoms with E-state index in [1.165, 1.54) is 7.11 Å². The number of hydrogen-bond acceptors (Lipinski definition) is 4. The summed E-state index contributed by atoms with van der Waals surface area (Å²) in [5.41, 5.74) is 1.15. The molecule has 0 saturated carbocycles. The van der Waals surface area contributed by atoms with E-state index in [-0.39, 0.29) is 5.91 Å². The molecule has 6 heteroatoms. The van der Waals surface area contributed by atoms with Crippen LogP contribution in [-0.2, 0) is 0 Å². The van der Waals surface area contributed by atoms with Crippen LogP contribution in [0, 0.1) is 0 Å². The second kappa shape index (κ2) is 7.87. The zero-order valence-electron chi connectivity index (χ0n) is 13.2. The molecule has 1 N–H and O–H groups in total. The molecule has 2 aromatic carbocycles. The molecular formula is C17H18BrNO4. The van der Waals surface area contributed by atoms with Crippen LogP contribution in [0.3, 0.4) is 0 Å². The molecule has 0 aromatic heterocycles. The van der Waals surface area contributed by atoms with Gasteiger partial charge in [0, 0.05) is 11.3 Å². The van der Waals surface area contributed by atoms with Gasteiger partial charge in [-0.05, 0) is 59.3 Å². The topological polar surface area (TPSA) is 56.8 Å². The first kappa shape index (κ1) is 17.1. The van der Waals surface area contributed by atoms with E-state index in [2.05, 4.69) is 21.2 Å². The van der Waals surface area contributed by atoms with Gasteiger partial charge in [0.2, 0.25) is 0 Å². The van der Waals surface area contributed by atoms with Crippen molar-refractivity contribution in [2.45, 2.75) is 6.92 Å². The zero-order chi connectivity index (χ0) is 16.8. The number of ether oxygens (including phenoxy) is 3. The van der Waals surface area contributed by atoms with E-state index in [1.807, 2.05) is 6.92 Å². The Balaban J connectivity index is 2.22. The van der Waals surface area contributed by atoms with E-state index < -0.39 is 0 Å². The van der Waals surface area contributed by atoms with Gasteiger partial charge >= 0.3 is 0 Å². The highest BCUT2D eigenvalue weighted by Gasteiger charge is 2.15. The highest BCUT2D eigenvalue weighted by Crippen LogP contribution is 2.36. The Morgan fingerprint density at radius 3 is 2.39 bits per heavy atom. The van der Waals surface area contributed by atoms with Crippen molar-refractivity contribution in [1.29, 1.82) is 0 Å². The third-order valence-electron chi connectivity index (χ3n) is 3.13. The molecular weight excluding hydrogens is 362 g/mol. The first-order valence-electron chi connectivity index (χ1n) is 7.04. The molecule has 0 spiro atoms. The van der Waals surface area contributed by atoms with Crippen LogP contribution in [-0.4, -0.2) is 26.7 Å². The molecule has 0 bridgehead atoms. The van der Waals surface area contributed by atoms with Crippen LogP contribution in [0.4, 0.5) is 5.69 Å². The normalized spacial score (nSPS) is 10.1. The summed E-state index contributed by atoms with van der Waals surface area (Å²) in [5, 5.41) is 2.83. The van der Waals surface area contributed by atoms with Crippen LogP contribution in [0.15, 0.2) is 40.9 Å². The molecule has 23 heavy (non-hydrogen) atoms. The minimum atomic E-state index is -0.239. The van der Waals surface area contributed by atoms with Gasteiger partial charge < -0.3 is 19.5 Å². The fraction of sp³-hybridized carbons (Fsp3) is 0.235. The van der Waals surface area contributed by atoms with Gasteiger partial charge in [-0.1, -0.05) is 0 Å². The van der Waals surface area contributed by atoms with E-state index in [9.17, 15) is 4.79 Å². The minimum Gasteiger partial charge on any atom is -0.497 e. The smallest absolute Gasteiger partial charge is 0.255 e. The van der Waals surface area contributed by atoms with E-state index in [1.54, 1.807) is 43.5 Å². The van der Waals surface area contributed by atoms with Crippen molar-refractivity contribution in [2.24, 2.45) is 0 Å². The molecule has 0 aliphatic carbocycles. The van der Waals surface area contributed by atoms with Crippen molar-refractivity contribution in [3.05, 3.63) is 46.4 Å². The molecule has 0 aliphatic heterocycles. The second-order valence-electron chi connectivity index (χ2n) is 4.61. The van der Waals surface area contributed by atoms with Gasteiger partial charge in [-0.3, -0.25) is 4.79 Å². The Morgan fingerprint density at radius 2 is 1.83 bits per heavy atom. The van der Waals surface area contributed by atoms with E-state index >= 15 is 0 Å². The van der Waals surface area contributed by atoms with Gasteiger partial charge in [-0.25, -0.2) is 0 Å². The maximum absolute atomic E-state index is 12.4. The average Bonchev–Trinajstić information content (AvgIpc) is 2.57. The van der Waals surface area contributed by atoms with Crippen molar-refractivity contribution in [3.8, 4) is 17.2 Å². The Hall–Kier alpha value is -2.21. The summed E-state index contributed by atoms with van der Waals surface area (Å²) >= 11 is 3.41. The number of methoxy groups -OCH3 is 2. The van der Waals surface area contributed by atoms with E-state index in [4.69, 9.17) is 14.2 Å². The lowest BCUT2D eigenvalue weighted by Crippen LogP contribution is -2.12. The number of nitrogens with one attached hydrogen (secondary N) is 1. The SMILES string of the molecule is CCOc1c(Br)cc(C(=O)Nc2ccc(OC)cc2)cc1OC. The lowest BCUT2D eigenvalue weighted by atomic mass is 10.1. The number of anilines is 1. The molecule has 0 saturated heterocycles. The largest absolute Gasteiger partial charge is 0.497 e. The van der Waals surface area contributed by atoms with Gasteiger partial charge in [0.15, 0.2) is 11.5 Å². The Bertz CT molecular complexity index is 686. The average molecular weight is 380 g/mol. The maximum Gasteiger partial charge on any atom is 0.255 e. The summed E-state index contributed by atoms with van der Waals surface area (Å²) in [7, 11) is 3.13. The van der Waals surface area contributed by atoms with Gasteiger partial charge in [0.1, 0.15) is 5.75 Å². The molecule has 2 aromatic rings. The zero-order valence-corrected chi connectivity index (χ0v) is 14.8. The molecule has 0 aliphatic rings. The van der Waals surface area contributed by atoms with Crippen LogP contribution in [0.25, 0.3) is 0 Å². The van der Waals surface area contributed by atoms with Crippen LogP contribution in [0.5, 0.6) is 17.2 Å². The quantitative estimate of drug-likeness (QED) is 0.819. The summed E-state index contributed by atoms with van der Waals surface area (Å²) < 4.78 is 16.6. The fourth-order valence-electron chi connectivity index (χ4n) is 2.01. The molecule has 0 heterocycles. The lowest BCUT2D eigenvalue weighted by molar-refractivity contribution is 0.102. The monoisotopic (exact) mass is 379 g/mol. The first-order valence-corrected chi connectivity index (χ1v) is 7.84. The number of halogens is 1. The molecule has 0 unspecified atom stereocenters. The summed E-state index contributed by atoms with van der Waals surface area (Å²) in [4.78, 5) is 12.4. The van der Waals surface area contributed by atoms with Crippen molar-refractivity contribution in [3.63, 3.8) is 0 Å². The van der Waals surface area contributed by atoms with Crippen LogP contribution < -0.4 is 19.5 Å². The predicted molar refractivity (Wildman–Crippen MR) is 92.8 cm³/mol. The predicted octanol–water partition coefficient (Wildman–Crippen LogP) is 4.12. The second-order valence-corrected chi connectivity index (χ2v) is 5.46. The Morgan fingerprint density at radius 1 is 1.13 bits per heavy atom. The fourth-order valence-corrected chi connectivity index (χ4v) is 2.57. The van der Waals surface area contributed by atoms with Crippen LogP contribution >= 0.6 is 15.9 Å². The number of amides is 1. The highest BCUT2D eigenvalue weighted by molar-refractivity contribution is 9.10. The molecule has 1 amide bonds. The van der Waals surface area contributed by atoms with Gasteiger partial charge in [-0.2, -0.15) is 0 Å². The number of carbonyl (C=O) groups excluding carboxylic acids is 1. The molecule has 5 nitrogen and oxygen atoms in total. The van der Waals surface area contributed by atoms with Crippen molar-refractivity contribution in [2.75, 3.05) is 26.1 Å². The third kappa shape index (κ3) is 4.16. The Kier molecular flexibility index (Phi) is 5.87. The number of rotatable bonds is 6. The van der Waals surface area contributed by atoms with E-state index in [0.29, 0.717) is 33.8 Å². The number of carbonyl (C=O) groups is 1. The summed E-state index contributed by atoms with van der Waals surface area (Å²) in [6.07, 6.45) is 0. The summed E-state index contributed by atoms with van der Waals surface area (Å²) in [6, 6.07) is 10.5. The molecule has 0 atom stereocenters. The van der Waals surface area contributed by atoms with Crippen LogP contribution in [0.2, 0.25) is 0 Å². The van der Waals surface area contributed by atoms with Gasteiger partial charge in [-0.15, -0.1) is 0 Å². The molecule has 0 radical (unpaired) electrons. The summed E-state index contributed by atoms with van der Waals surface area (Å²) in [6.45, 7) is 2.39. The highest BCUT2D eigenvalue weighted by atomic mass is 79.9. The van der Waals surface area contributed by atoms with Crippen molar-refractivity contribution in [1.82, 2.24) is 0 Å². The summed E-state index contributed by atoms with van der Waals surface area (Å²) in [5.74, 6) is 1.57. The number of benzene rings is 2. The molecule has 0 fully saturated rings. The standard InChI is InChI=1S/C17H18BrNO4/c1-4-23-16-14(18)9-11(10-15(16)22-3)17(20)19-12-5-7-13(21-2)8-6-12/h5-10H,4H2,1-3H3,(H,19,20).